The van der Waals surface area contributed by atoms with Gasteiger partial charge < -0.3 is 5.32 Å². The highest BCUT2D eigenvalue weighted by Crippen LogP contribution is 2.39. The normalized spacial score (nSPS) is 24.3. The van der Waals surface area contributed by atoms with E-state index in [9.17, 15) is 0 Å². The van der Waals surface area contributed by atoms with Crippen LogP contribution in [0.1, 0.15) is 19.4 Å². The summed E-state index contributed by atoms with van der Waals surface area (Å²) >= 11 is 2.03. The van der Waals surface area contributed by atoms with E-state index in [0.717, 1.165) is 6.54 Å². The van der Waals surface area contributed by atoms with Crippen molar-refractivity contribution in [2.75, 3.05) is 5.75 Å². The average molecular weight is 208 g/mol. The molecule has 14 heavy (non-hydrogen) atoms. The molecule has 0 spiro atoms. The lowest BCUT2D eigenvalue weighted by Gasteiger charge is -2.44. The summed E-state index contributed by atoms with van der Waals surface area (Å²) in [5.74, 6) is 1.23. The van der Waals surface area contributed by atoms with Gasteiger partial charge in [0.25, 0.3) is 0 Å². The van der Waals surface area contributed by atoms with Crippen LogP contribution in [-0.2, 0) is 6.54 Å². The molecule has 0 saturated carbocycles. The number of hydrogen-bond donors (Lipinski definition) is 1. The third-order valence-electron chi connectivity index (χ3n) is 2.76. The molecule has 0 bridgehead atoms. The van der Waals surface area contributed by atoms with Crippen LogP contribution in [0, 0.1) is 0 Å². The fourth-order valence-corrected chi connectivity index (χ4v) is 2.75. The first-order valence-corrected chi connectivity index (χ1v) is 5.93. The standard InChI is InChI=1S/C11H16N2S/c1-11(2)10(8-14-11)13-7-9-3-5-12-6-4-9/h3-6,10,13H,7-8H2,1-2H3. The molecular weight excluding hydrogens is 192 g/mol. The Morgan fingerprint density at radius 1 is 1.50 bits per heavy atom. The van der Waals surface area contributed by atoms with Crippen LogP contribution in [0.2, 0.25) is 0 Å². The summed E-state index contributed by atoms with van der Waals surface area (Å²) in [7, 11) is 0. The number of thioether (sulfide) groups is 1. The summed E-state index contributed by atoms with van der Waals surface area (Å²) in [6, 6.07) is 4.78. The van der Waals surface area contributed by atoms with Crippen molar-refractivity contribution in [3.05, 3.63) is 30.1 Å². The molecule has 1 unspecified atom stereocenters. The van der Waals surface area contributed by atoms with E-state index in [0.29, 0.717) is 10.8 Å². The Morgan fingerprint density at radius 2 is 2.21 bits per heavy atom. The lowest BCUT2D eigenvalue weighted by atomic mass is 10.0. The molecule has 1 saturated heterocycles. The first-order valence-electron chi connectivity index (χ1n) is 4.95. The fourth-order valence-electron chi connectivity index (χ4n) is 1.55. The van der Waals surface area contributed by atoms with Crippen molar-refractivity contribution in [2.24, 2.45) is 0 Å². The van der Waals surface area contributed by atoms with E-state index in [2.05, 4.69) is 36.3 Å². The van der Waals surface area contributed by atoms with E-state index >= 15 is 0 Å². The zero-order valence-corrected chi connectivity index (χ0v) is 9.47. The molecule has 76 valence electrons. The second kappa shape index (κ2) is 3.91. The lowest BCUT2D eigenvalue weighted by molar-refractivity contribution is 0.436. The van der Waals surface area contributed by atoms with E-state index in [4.69, 9.17) is 0 Å². The second-order valence-electron chi connectivity index (χ2n) is 4.20. The maximum absolute atomic E-state index is 4.00. The van der Waals surface area contributed by atoms with E-state index in [1.807, 2.05) is 24.2 Å². The Balaban J connectivity index is 1.84. The van der Waals surface area contributed by atoms with Gasteiger partial charge in [-0.1, -0.05) is 0 Å². The summed E-state index contributed by atoms with van der Waals surface area (Å²) in [5, 5.41) is 3.58. The minimum absolute atomic E-state index is 0.410. The summed E-state index contributed by atoms with van der Waals surface area (Å²) in [5.41, 5.74) is 1.31. The van der Waals surface area contributed by atoms with E-state index in [-0.39, 0.29) is 0 Å². The van der Waals surface area contributed by atoms with Gasteiger partial charge in [0.15, 0.2) is 0 Å². The molecule has 1 aliphatic heterocycles. The summed E-state index contributed by atoms with van der Waals surface area (Å²) in [6.07, 6.45) is 3.69. The number of nitrogens with zero attached hydrogens (tertiary/aromatic N) is 1. The molecule has 0 aliphatic carbocycles. The largest absolute Gasteiger partial charge is 0.308 e. The number of rotatable bonds is 3. The van der Waals surface area contributed by atoms with Crippen molar-refractivity contribution in [3.8, 4) is 0 Å². The SMILES string of the molecule is CC1(C)SCC1NCc1ccncc1. The van der Waals surface area contributed by atoms with E-state index in [1.54, 1.807) is 0 Å². The van der Waals surface area contributed by atoms with Crippen LogP contribution in [-0.4, -0.2) is 21.5 Å². The molecule has 1 fully saturated rings. The van der Waals surface area contributed by atoms with Crippen molar-refractivity contribution in [1.82, 2.24) is 10.3 Å². The molecule has 0 amide bonds. The van der Waals surface area contributed by atoms with Crippen molar-refractivity contribution in [3.63, 3.8) is 0 Å². The first-order chi connectivity index (χ1) is 6.68. The van der Waals surface area contributed by atoms with Crippen molar-refractivity contribution in [1.29, 1.82) is 0 Å². The van der Waals surface area contributed by atoms with Gasteiger partial charge in [0.2, 0.25) is 0 Å². The van der Waals surface area contributed by atoms with Gasteiger partial charge in [-0.25, -0.2) is 0 Å². The Bertz CT molecular complexity index is 297. The Hall–Kier alpha value is -0.540. The molecule has 3 heteroatoms. The maximum atomic E-state index is 4.00. The number of hydrogen-bond acceptors (Lipinski definition) is 3. The molecule has 2 rings (SSSR count). The highest BCUT2D eigenvalue weighted by molar-refractivity contribution is 8.02. The Morgan fingerprint density at radius 3 is 2.71 bits per heavy atom. The van der Waals surface area contributed by atoms with Gasteiger partial charge in [-0.15, -0.1) is 0 Å². The predicted octanol–water partition coefficient (Wildman–Crippen LogP) is 2.07. The third-order valence-corrected chi connectivity index (χ3v) is 4.29. The molecule has 2 nitrogen and oxygen atoms in total. The molecule has 1 aromatic rings. The molecule has 1 aliphatic rings. The predicted molar refractivity (Wildman–Crippen MR) is 61.4 cm³/mol. The smallest absolute Gasteiger partial charge is 0.0303 e. The first kappa shape index (κ1) is 9.99. The van der Waals surface area contributed by atoms with Gasteiger partial charge in [-0.2, -0.15) is 11.8 Å². The highest BCUT2D eigenvalue weighted by Gasteiger charge is 2.38. The lowest BCUT2D eigenvalue weighted by Crippen LogP contribution is -2.54. The van der Waals surface area contributed by atoms with Crippen LogP contribution in [0.25, 0.3) is 0 Å². The number of nitrogens with one attached hydrogen (secondary N) is 1. The zero-order valence-electron chi connectivity index (χ0n) is 8.66. The third kappa shape index (κ3) is 2.10. The van der Waals surface area contributed by atoms with Crippen LogP contribution < -0.4 is 5.32 Å². The van der Waals surface area contributed by atoms with Crippen molar-refractivity contribution < 1.29 is 0 Å². The van der Waals surface area contributed by atoms with E-state index in [1.165, 1.54) is 11.3 Å². The monoisotopic (exact) mass is 208 g/mol. The van der Waals surface area contributed by atoms with Crippen molar-refractivity contribution in [2.45, 2.75) is 31.2 Å². The molecule has 0 aromatic carbocycles. The molecule has 0 radical (unpaired) electrons. The summed E-state index contributed by atoms with van der Waals surface area (Å²) in [4.78, 5) is 4.00. The molecule has 1 atom stereocenters. The second-order valence-corrected chi connectivity index (χ2v) is 5.88. The van der Waals surface area contributed by atoms with Gasteiger partial charge in [-0.05, 0) is 31.5 Å². The van der Waals surface area contributed by atoms with Gasteiger partial charge in [0, 0.05) is 35.5 Å². The summed E-state index contributed by atoms with van der Waals surface area (Å²) in [6.45, 7) is 5.55. The van der Waals surface area contributed by atoms with Gasteiger partial charge >= 0.3 is 0 Å². The van der Waals surface area contributed by atoms with Crippen LogP contribution in [0.3, 0.4) is 0 Å². The van der Waals surface area contributed by atoms with Crippen LogP contribution >= 0.6 is 11.8 Å². The topological polar surface area (TPSA) is 24.9 Å². The van der Waals surface area contributed by atoms with Crippen molar-refractivity contribution >= 4 is 11.8 Å². The fraction of sp³-hybridized carbons (Fsp3) is 0.545. The van der Waals surface area contributed by atoms with Gasteiger partial charge in [0.1, 0.15) is 0 Å². The number of aromatic nitrogens is 1. The van der Waals surface area contributed by atoms with Crippen LogP contribution in [0.4, 0.5) is 0 Å². The van der Waals surface area contributed by atoms with Crippen LogP contribution in [0.5, 0.6) is 0 Å². The summed E-state index contributed by atoms with van der Waals surface area (Å²) < 4.78 is 0.410. The van der Waals surface area contributed by atoms with Gasteiger partial charge in [-0.3, -0.25) is 4.98 Å². The maximum Gasteiger partial charge on any atom is 0.0303 e. The van der Waals surface area contributed by atoms with Crippen LogP contribution in [0.15, 0.2) is 24.5 Å². The average Bonchev–Trinajstić information content (AvgIpc) is 2.18. The molecule has 1 N–H and O–H groups in total. The number of pyridine rings is 1. The van der Waals surface area contributed by atoms with E-state index < -0.39 is 0 Å². The molecule has 2 heterocycles. The molecule has 1 aromatic heterocycles. The minimum Gasteiger partial charge on any atom is -0.308 e. The zero-order chi connectivity index (χ0) is 10.0. The molecular formula is C11H16N2S. The van der Waals surface area contributed by atoms with Gasteiger partial charge in [0.05, 0.1) is 0 Å². The quantitative estimate of drug-likeness (QED) is 0.823. The Kier molecular flexibility index (Phi) is 2.79. The minimum atomic E-state index is 0.410. The Labute approximate surface area is 89.5 Å². The highest BCUT2D eigenvalue weighted by atomic mass is 32.2.